The average Bonchev–Trinajstić information content (AvgIpc) is 2.73. The molecule has 0 fully saturated rings. The first-order valence-corrected chi connectivity index (χ1v) is 40.2. The second kappa shape index (κ2) is 61.6. The van der Waals surface area contributed by atoms with Gasteiger partial charge in [-0.1, -0.05) is 306 Å². The first kappa shape index (κ1) is 89.1. The smallest absolute Gasteiger partial charge is 0.462 e. The maximum Gasteiger partial charge on any atom is 0.472 e. The van der Waals surface area contributed by atoms with Gasteiger partial charge in [-0.2, -0.15) is 0 Å². The second-order valence-electron chi connectivity index (χ2n) is 27.6. The molecule has 0 aliphatic rings. The molecule has 6 atom stereocenters. The molecule has 0 aromatic rings. The van der Waals surface area contributed by atoms with Gasteiger partial charge in [-0.05, 0) is 49.4 Å². The van der Waals surface area contributed by atoms with Gasteiger partial charge in [-0.3, -0.25) is 37.3 Å². The summed E-state index contributed by atoms with van der Waals surface area (Å²) in [6.45, 7) is 14.1. The number of aliphatic hydroxyl groups excluding tert-OH is 1. The van der Waals surface area contributed by atoms with Crippen molar-refractivity contribution < 1.29 is 80.2 Å². The van der Waals surface area contributed by atoms with E-state index in [1.807, 2.05) is 0 Å². The van der Waals surface area contributed by atoms with Crippen molar-refractivity contribution in [1.82, 2.24) is 0 Å². The van der Waals surface area contributed by atoms with Crippen LogP contribution in [0, 0.1) is 23.7 Å². The van der Waals surface area contributed by atoms with Gasteiger partial charge in [0.05, 0.1) is 26.4 Å². The number of rotatable bonds is 69. The van der Waals surface area contributed by atoms with Gasteiger partial charge in [-0.15, -0.1) is 0 Å². The fourth-order valence-electron chi connectivity index (χ4n) is 10.8. The van der Waals surface area contributed by atoms with Gasteiger partial charge in [0.2, 0.25) is 0 Å². The third-order valence-electron chi connectivity index (χ3n) is 16.9. The van der Waals surface area contributed by atoms with E-state index in [1.54, 1.807) is 0 Å². The second-order valence-corrected chi connectivity index (χ2v) is 30.6. The normalized spacial score (nSPS) is 14.5. The molecule has 0 saturated carbocycles. The minimum Gasteiger partial charge on any atom is -0.462 e. The lowest BCUT2D eigenvalue weighted by molar-refractivity contribution is -0.161. The van der Waals surface area contributed by atoms with Crippen molar-refractivity contribution in [3.05, 3.63) is 0 Å². The van der Waals surface area contributed by atoms with Crippen LogP contribution in [0.25, 0.3) is 0 Å². The summed E-state index contributed by atoms with van der Waals surface area (Å²) in [5.74, 6) is 0.908. The SMILES string of the molecule is CCC(C)CCCCCCCCCCC(=O)OC[C@H](COP(=O)(O)OC[C@H](O)COP(=O)(O)OC[C@@H](COC(=O)CCCCCCCCCCCC(C)C)OC(=O)CCCCCCCCCCCCCCC(C)C)OC(=O)CCCCCCCCCCCC(C)C. The molecule has 0 aliphatic heterocycles. The van der Waals surface area contributed by atoms with E-state index in [9.17, 15) is 43.2 Å². The topological polar surface area (TPSA) is 237 Å². The summed E-state index contributed by atoms with van der Waals surface area (Å²) in [4.78, 5) is 72.7. The molecule has 0 radical (unpaired) electrons. The predicted octanol–water partition coefficient (Wildman–Crippen LogP) is 20.5. The lowest BCUT2D eigenvalue weighted by Crippen LogP contribution is -2.30. The van der Waals surface area contributed by atoms with Crippen molar-refractivity contribution in [3.63, 3.8) is 0 Å². The molecule has 19 heteroatoms. The number of carbonyl (C=O) groups excluding carboxylic acids is 4. The number of ether oxygens (including phenoxy) is 4. The van der Waals surface area contributed by atoms with Crippen LogP contribution in [0.3, 0.4) is 0 Å². The molecule has 0 aromatic carbocycles. The van der Waals surface area contributed by atoms with Crippen LogP contribution in [0.5, 0.6) is 0 Å². The van der Waals surface area contributed by atoms with Crippen molar-refractivity contribution in [3.8, 4) is 0 Å². The van der Waals surface area contributed by atoms with Crippen molar-refractivity contribution in [2.45, 2.75) is 375 Å². The molecule has 0 aliphatic carbocycles. The average molecular weight is 1340 g/mol. The minimum atomic E-state index is -4.95. The summed E-state index contributed by atoms with van der Waals surface area (Å²) in [6.07, 6.45) is 44.3. The summed E-state index contributed by atoms with van der Waals surface area (Å²) in [6, 6.07) is 0. The summed E-state index contributed by atoms with van der Waals surface area (Å²) in [5.41, 5.74) is 0. The lowest BCUT2D eigenvalue weighted by Gasteiger charge is -2.21. The van der Waals surface area contributed by atoms with Gasteiger partial charge in [0.1, 0.15) is 19.3 Å². The Morgan fingerprint density at radius 1 is 0.308 bits per heavy atom. The van der Waals surface area contributed by atoms with Crippen molar-refractivity contribution in [1.29, 1.82) is 0 Å². The standard InChI is InChI=1S/C72H140O17P2/c1-9-65(8)51-43-35-27-22-23-29-37-45-53-70(75)83-59-68(89-72(77)55-47-39-31-21-15-18-26-34-42-50-64(6)7)61-87-91(80,81)85-57-66(73)56-84-90(78,79)86-60-67(58-82-69(74)52-44-36-28-20-14-17-25-33-41-49-63(4)5)88-71(76)54-46-38-30-19-13-11-10-12-16-24-32-40-48-62(2)3/h62-68,73H,9-61H2,1-8H3,(H,78,79)(H,80,81)/t65?,66-,67-,68-/m1/s1. The van der Waals surface area contributed by atoms with Gasteiger partial charge >= 0.3 is 39.5 Å². The van der Waals surface area contributed by atoms with Gasteiger partial charge < -0.3 is 33.8 Å². The van der Waals surface area contributed by atoms with Crippen molar-refractivity contribution in [2.24, 2.45) is 23.7 Å². The Morgan fingerprint density at radius 3 is 0.780 bits per heavy atom. The molecule has 17 nitrogen and oxygen atoms in total. The van der Waals surface area contributed by atoms with E-state index in [0.717, 1.165) is 114 Å². The van der Waals surface area contributed by atoms with Crippen LogP contribution in [0.4, 0.5) is 0 Å². The highest BCUT2D eigenvalue weighted by Gasteiger charge is 2.30. The molecule has 0 heterocycles. The largest absolute Gasteiger partial charge is 0.472 e. The molecule has 3 N–H and O–H groups in total. The van der Waals surface area contributed by atoms with E-state index in [-0.39, 0.29) is 25.7 Å². The van der Waals surface area contributed by atoms with Gasteiger partial charge in [0.25, 0.3) is 0 Å². The quantitative estimate of drug-likeness (QED) is 0.0222. The highest BCUT2D eigenvalue weighted by Crippen LogP contribution is 2.45. The van der Waals surface area contributed by atoms with E-state index < -0.39 is 97.5 Å². The van der Waals surface area contributed by atoms with Crippen LogP contribution in [-0.4, -0.2) is 96.7 Å². The Balaban J connectivity index is 5.27. The molecule has 540 valence electrons. The van der Waals surface area contributed by atoms with Crippen LogP contribution in [0.1, 0.15) is 357 Å². The first-order valence-electron chi connectivity index (χ1n) is 37.2. The Kier molecular flexibility index (Phi) is 60.3. The molecule has 91 heavy (non-hydrogen) atoms. The van der Waals surface area contributed by atoms with Crippen molar-refractivity contribution >= 4 is 39.5 Å². The number of phosphoric ester groups is 2. The number of hydrogen-bond donors (Lipinski definition) is 3. The molecule has 0 bridgehead atoms. The number of phosphoric acid groups is 2. The zero-order valence-electron chi connectivity index (χ0n) is 59.5. The van der Waals surface area contributed by atoms with Crippen LogP contribution in [0.15, 0.2) is 0 Å². The van der Waals surface area contributed by atoms with E-state index in [4.69, 9.17) is 37.0 Å². The van der Waals surface area contributed by atoms with Gasteiger partial charge in [-0.25, -0.2) is 9.13 Å². The highest BCUT2D eigenvalue weighted by atomic mass is 31.2. The van der Waals surface area contributed by atoms with Crippen LogP contribution < -0.4 is 0 Å². The highest BCUT2D eigenvalue weighted by molar-refractivity contribution is 7.47. The molecule has 0 aromatic heterocycles. The Labute approximate surface area is 556 Å². The molecule has 0 saturated heterocycles. The maximum absolute atomic E-state index is 13.0. The number of aliphatic hydroxyl groups is 1. The third-order valence-corrected chi connectivity index (χ3v) is 18.8. The number of carbonyl (C=O) groups is 4. The monoisotopic (exact) mass is 1340 g/mol. The summed E-state index contributed by atoms with van der Waals surface area (Å²) in [5, 5.41) is 10.6. The molecule has 3 unspecified atom stereocenters. The van der Waals surface area contributed by atoms with Crippen LogP contribution in [-0.2, 0) is 65.4 Å². The van der Waals surface area contributed by atoms with E-state index >= 15 is 0 Å². The number of unbranched alkanes of at least 4 members (excludes halogenated alkanes) is 34. The summed E-state index contributed by atoms with van der Waals surface area (Å²) >= 11 is 0. The van der Waals surface area contributed by atoms with Gasteiger partial charge in [0, 0.05) is 25.7 Å². The molecule has 0 amide bonds. The number of esters is 4. The molecular formula is C72H140O17P2. The van der Waals surface area contributed by atoms with Crippen molar-refractivity contribution in [2.75, 3.05) is 39.6 Å². The molecule has 0 rings (SSSR count). The van der Waals surface area contributed by atoms with E-state index in [2.05, 4.69) is 55.4 Å². The van der Waals surface area contributed by atoms with Crippen LogP contribution in [0.2, 0.25) is 0 Å². The minimum absolute atomic E-state index is 0.104. The predicted molar refractivity (Wildman–Crippen MR) is 367 cm³/mol. The lowest BCUT2D eigenvalue weighted by atomic mass is 9.99. The fraction of sp³-hybridized carbons (Fsp3) is 0.944. The zero-order valence-corrected chi connectivity index (χ0v) is 61.3. The Hall–Kier alpha value is -1.94. The molecular weight excluding hydrogens is 1200 g/mol. The third kappa shape index (κ3) is 65.1. The van der Waals surface area contributed by atoms with E-state index in [1.165, 1.54) is 161 Å². The Morgan fingerprint density at radius 2 is 0.527 bits per heavy atom. The van der Waals surface area contributed by atoms with Crippen LogP contribution >= 0.6 is 15.6 Å². The Bertz CT molecular complexity index is 1800. The van der Waals surface area contributed by atoms with Gasteiger partial charge in [0.15, 0.2) is 12.2 Å². The summed E-state index contributed by atoms with van der Waals surface area (Å²) < 4.78 is 68.4. The zero-order chi connectivity index (χ0) is 67.5. The first-order chi connectivity index (χ1) is 43.6. The molecule has 0 spiro atoms. The fourth-order valence-corrected chi connectivity index (χ4v) is 12.4. The van der Waals surface area contributed by atoms with E-state index in [0.29, 0.717) is 25.7 Å². The summed E-state index contributed by atoms with van der Waals surface area (Å²) in [7, 11) is -9.91. The number of hydrogen-bond acceptors (Lipinski definition) is 15. The maximum atomic E-state index is 13.0.